The molecule has 0 saturated carbocycles. The van der Waals surface area contributed by atoms with Crippen molar-refractivity contribution in [3.63, 3.8) is 0 Å². The van der Waals surface area contributed by atoms with Gasteiger partial charge >= 0.3 is 0 Å². The lowest BCUT2D eigenvalue weighted by atomic mass is 10.2. The zero-order valence-electron chi connectivity index (χ0n) is 9.75. The topological polar surface area (TPSA) is 40.7 Å². The van der Waals surface area contributed by atoms with Crippen molar-refractivity contribution < 1.29 is 0 Å². The SMILES string of the molecule is C=C(C)Nc1cn[nH]c1C(=C)/C=C\C=C/C. The second-order valence-electron chi connectivity index (χ2n) is 3.47. The maximum atomic E-state index is 3.98. The lowest BCUT2D eigenvalue weighted by Gasteiger charge is -2.05. The van der Waals surface area contributed by atoms with Gasteiger partial charge in [-0.25, -0.2) is 0 Å². The zero-order chi connectivity index (χ0) is 12.0. The molecule has 0 aliphatic rings. The molecule has 3 nitrogen and oxygen atoms in total. The van der Waals surface area contributed by atoms with E-state index in [1.165, 1.54) is 0 Å². The van der Waals surface area contributed by atoms with Gasteiger partial charge < -0.3 is 5.32 Å². The Hall–Kier alpha value is -2.03. The molecule has 0 bridgehead atoms. The lowest BCUT2D eigenvalue weighted by Crippen LogP contribution is -1.95. The van der Waals surface area contributed by atoms with Gasteiger partial charge in [-0.2, -0.15) is 5.10 Å². The number of rotatable bonds is 5. The summed E-state index contributed by atoms with van der Waals surface area (Å²) in [4.78, 5) is 0. The summed E-state index contributed by atoms with van der Waals surface area (Å²) in [5.41, 5.74) is 3.51. The summed E-state index contributed by atoms with van der Waals surface area (Å²) in [6.45, 7) is 11.6. The summed E-state index contributed by atoms with van der Waals surface area (Å²) < 4.78 is 0. The second kappa shape index (κ2) is 5.75. The fourth-order valence-corrected chi connectivity index (χ4v) is 1.22. The molecular formula is C13H17N3. The van der Waals surface area contributed by atoms with E-state index < -0.39 is 0 Å². The van der Waals surface area contributed by atoms with Gasteiger partial charge in [0.1, 0.15) is 0 Å². The van der Waals surface area contributed by atoms with Crippen molar-refractivity contribution in [3.8, 4) is 0 Å². The highest BCUT2D eigenvalue weighted by molar-refractivity contribution is 5.78. The molecule has 16 heavy (non-hydrogen) atoms. The van der Waals surface area contributed by atoms with E-state index >= 15 is 0 Å². The predicted molar refractivity (Wildman–Crippen MR) is 70.0 cm³/mol. The van der Waals surface area contributed by atoms with Gasteiger partial charge in [0.15, 0.2) is 0 Å². The first-order chi connectivity index (χ1) is 7.65. The van der Waals surface area contributed by atoms with E-state index in [0.717, 1.165) is 22.7 Å². The third kappa shape index (κ3) is 3.28. The van der Waals surface area contributed by atoms with Crippen LogP contribution in [0.25, 0.3) is 5.57 Å². The third-order valence-electron chi connectivity index (χ3n) is 1.91. The molecule has 0 amide bonds. The summed E-state index contributed by atoms with van der Waals surface area (Å²) >= 11 is 0. The number of hydrogen-bond donors (Lipinski definition) is 2. The zero-order valence-corrected chi connectivity index (χ0v) is 9.75. The summed E-state index contributed by atoms with van der Waals surface area (Å²) in [6.07, 6.45) is 9.50. The standard InChI is InChI=1S/C13H17N3/c1-5-6-7-8-11(4)13-12(9-14-16-13)15-10(2)3/h5-9,15H,2,4H2,1,3H3,(H,14,16)/b6-5-,8-7-. The van der Waals surface area contributed by atoms with Crippen LogP contribution in [-0.2, 0) is 0 Å². The fourth-order valence-electron chi connectivity index (χ4n) is 1.22. The number of anilines is 1. The van der Waals surface area contributed by atoms with Crippen LogP contribution in [0, 0.1) is 0 Å². The molecule has 84 valence electrons. The Balaban J connectivity index is 2.83. The summed E-state index contributed by atoms with van der Waals surface area (Å²) in [5.74, 6) is 0. The Morgan fingerprint density at radius 2 is 2.19 bits per heavy atom. The first kappa shape index (κ1) is 12.0. The Morgan fingerprint density at radius 1 is 1.44 bits per heavy atom. The van der Waals surface area contributed by atoms with Crippen LogP contribution < -0.4 is 5.32 Å². The van der Waals surface area contributed by atoms with Gasteiger partial charge in [-0.3, -0.25) is 5.10 Å². The summed E-state index contributed by atoms with van der Waals surface area (Å²) in [7, 11) is 0. The summed E-state index contributed by atoms with van der Waals surface area (Å²) in [6, 6.07) is 0. The van der Waals surface area contributed by atoms with Crippen LogP contribution in [0.1, 0.15) is 19.5 Å². The van der Waals surface area contributed by atoms with Crippen molar-refractivity contribution in [2.75, 3.05) is 5.32 Å². The molecule has 0 saturated heterocycles. The van der Waals surface area contributed by atoms with Gasteiger partial charge in [0.2, 0.25) is 0 Å². The van der Waals surface area contributed by atoms with Crippen LogP contribution >= 0.6 is 0 Å². The number of hydrogen-bond acceptors (Lipinski definition) is 2. The molecule has 0 radical (unpaired) electrons. The highest BCUT2D eigenvalue weighted by Crippen LogP contribution is 2.21. The average molecular weight is 215 g/mol. The van der Waals surface area contributed by atoms with E-state index in [9.17, 15) is 0 Å². The Kier molecular flexibility index (Phi) is 4.33. The molecule has 0 spiro atoms. The Morgan fingerprint density at radius 3 is 2.81 bits per heavy atom. The number of H-pyrrole nitrogens is 1. The largest absolute Gasteiger partial charge is 0.357 e. The molecule has 1 rings (SSSR count). The minimum atomic E-state index is 0.868. The van der Waals surface area contributed by atoms with Crippen LogP contribution in [0.3, 0.4) is 0 Å². The maximum Gasteiger partial charge on any atom is 0.0879 e. The Bertz CT molecular complexity index is 436. The van der Waals surface area contributed by atoms with E-state index in [4.69, 9.17) is 0 Å². The van der Waals surface area contributed by atoms with E-state index in [1.807, 2.05) is 38.2 Å². The van der Waals surface area contributed by atoms with Crippen LogP contribution in [0.2, 0.25) is 0 Å². The highest BCUT2D eigenvalue weighted by atomic mass is 15.1. The van der Waals surface area contributed by atoms with Crippen LogP contribution in [0.4, 0.5) is 5.69 Å². The average Bonchev–Trinajstić information content (AvgIpc) is 2.65. The van der Waals surface area contributed by atoms with Crippen molar-refractivity contribution in [2.45, 2.75) is 13.8 Å². The molecule has 0 aromatic carbocycles. The van der Waals surface area contributed by atoms with E-state index in [0.29, 0.717) is 0 Å². The number of allylic oxidation sites excluding steroid dienone is 6. The van der Waals surface area contributed by atoms with Gasteiger partial charge in [0.05, 0.1) is 17.6 Å². The molecule has 0 unspecified atom stereocenters. The fraction of sp³-hybridized carbons (Fsp3) is 0.154. The van der Waals surface area contributed by atoms with E-state index in [2.05, 4.69) is 28.7 Å². The lowest BCUT2D eigenvalue weighted by molar-refractivity contribution is 1.08. The van der Waals surface area contributed by atoms with Crippen LogP contribution in [0.15, 0.2) is 49.4 Å². The summed E-state index contributed by atoms with van der Waals surface area (Å²) in [5, 5.41) is 10.0. The van der Waals surface area contributed by atoms with Gasteiger partial charge in [0.25, 0.3) is 0 Å². The van der Waals surface area contributed by atoms with E-state index in [1.54, 1.807) is 6.20 Å². The van der Waals surface area contributed by atoms with Crippen LogP contribution in [-0.4, -0.2) is 10.2 Å². The molecule has 0 aliphatic heterocycles. The second-order valence-corrected chi connectivity index (χ2v) is 3.47. The van der Waals surface area contributed by atoms with E-state index in [-0.39, 0.29) is 0 Å². The number of nitrogens with one attached hydrogen (secondary N) is 2. The maximum absolute atomic E-state index is 3.98. The number of aromatic amines is 1. The van der Waals surface area contributed by atoms with Crippen molar-refractivity contribution in [1.82, 2.24) is 10.2 Å². The van der Waals surface area contributed by atoms with Crippen molar-refractivity contribution in [2.24, 2.45) is 0 Å². The molecule has 0 atom stereocenters. The smallest absolute Gasteiger partial charge is 0.0879 e. The van der Waals surface area contributed by atoms with Gasteiger partial charge in [-0.1, -0.05) is 37.5 Å². The van der Waals surface area contributed by atoms with Gasteiger partial charge in [-0.05, 0) is 19.4 Å². The van der Waals surface area contributed by atoms with Gasteiger partial charge in [-0.15, -0.1) is 0 Å². The molecule has 1 aromatic heterocycles. The monoisotopic (exact) mass is 215 g/mol. The molecule has 2 N–H and O–H groups in total. The third-order valence-corrected chi connectivity index (χ3v) is 1.91. The minimum absolute atomic E-state index is 0.868. The number of aromatic nitrogens is 2. The predicted octanol–water partition coefficient (Wildman–Crippen LogP) is 3.50. The molecule has 1 heterocycles. The van der Waals surface area contributed by atoms with Crippen molar-refractivity contribution in [1.29, 1.82) is 0 Å². The minimum Gasteiger partial charge on any atom is -0.357 e. The molecule has 1 aromatic rings. The van der Waals surface area contributed by atoms with Gasteiger partial charge in [0, 0.05) is 5.70 Å². The quantitative estimate of drug-likeness (QED) is 0.738. The first-order valence-electron chi connectivity index (χ1n) is 5.09. The number of nitrogens with zero attached hydrogens (tertiary/aromatic N) is 1. The molecule has 0 fully saturated rings. The first-order valence-corrected chi connectivity index (χ1v) is 5.09. The molecular weight excluding hydrogens is 198 g/mol. The highest BCUT2D eigenvalue weighted by Gasteiger charge is 2.05. The molecule has 0 aliphatic carbocycles. The Labute approximate surface area is 96.3 Å². The normalized spacial score (nSPS) is 11.1. The van der Waals surface area contributed by atoms with Crippen molar-refractivity contribution in [3.05, 3.63) is 55.0 Å². The molecule has 3 heteroatoms. The van der Waals surface area contributed by atoms with Crippen LogP contribution in [0.5, 0.6) is 0 Å². The van der Waals surface area contributed by atoms with Crippen molar-refractivity contribution >= 4 is 11.3 Å².